The molecule has 0 radical (unpaired) electrons. The van der Waals surface area contributed by atoms with Crippen LogP contribution in [0.3, 0.4) is 0 Å². The topological polar surface area (TPSA) is 25.2 Å². The molecule has 1 aliphatic heterocycles. The molecule has 1 amide bonds. The van der Waals surface area contributed by atoms with E-state index >= 15 is 0 Å². The van der Waals surface area contributed by atoms with Crippen LogP contribution < -0.4 is 4.90 Å². The first-order valence-electron chi connectivity index (χ1n) is 8.79. The number of benzene rings is 2. The van der Waals surface area contributed by atoms with E-state index in [1.807, 2.05) is 41.3 Å². The van der Waals surface area contributed by atoms with Crippen LogP contribution in [0.5, 0.6) is 0 Å². The lowest BCUT2D eigenvalue weighted by Gasteiger charge is -2.23. The van der Waals surface area contributed by atoms with Crippen molar-refractivity contribution in [3.05, 3.63) is 88.7 Å². The number of hydrogen-bond donors (Lipinski definition) is 0. The third-order valence-corrected chi connectivity index (χ3v) is 5.12. The zero-order valence-corrected chi connectivity index (χ0v) is 14.7. The van der Waals surface area contributed by atoms with Crippen molar-refractivity contribution in [2.45, 2.75) is 26.3 Å². The van der Waals surface area contributed by atoms with E-state index in [-0.39, 0.29) is 5.91 Å². The maximum Gasteiger partial charge on any atom is 0.258 e. The van der Waals surface area contributed by atoms with Gasteiger partial charge in [0.05, 0.1) is 6.54 Å². The molecule has 0 saturated heterocycles. The van der Waals surface area contributed by atoms with Crippen molar-refractivity contribution >= 4 is 11.6 Å². The lowest BCUT2D eigenvalue weighted by atomic mass is 10.1. The minimum absolute atomic E-state index is 0.0619. The van der Waals surface area contributed by atoms with Gasteiger partial charge in [0.25, 0.3) is 5.91 Å². The van der Waals surface area contributed by atoms with E-state index in [1.165, 1.54) is 22.4 Å². The molecule has 2 heterocycles. The van der Waals surface area contributed by atoms with E-state index in [1.54, 1.807) is 0 Å². The average Bonchev–Trinajstić information content (AvgIpc) is 2.90. The van der Waals surface area contributed by atoms with Gasteiger partial charge < -0.3 is 9.47 Å². The molecule has 4 rings (SSSR count). The number of para-hydroxylation sites is 1. The molecule has 3 nitrogen and oxygen atoms in total. The van der Waals surface area contributed by atoms with E-state index < -0.39 is 0 Å². The lowest BCUT2D eigenvalue weighted by molar-refractivity contribution is 0.0985. The monoisotopic (exact) mass is 330 g/mol. The summed E-state index contributed by atoms with van der Waals surface area (Å²) >= 11 is 0. The quantitative estimate of drug-likeness (QED) is 0.686. The zero-order chi connectivity index (χ0) is 17.4. The molecule has 25 heavy (non-hydrogen) atoms. The second-order valence-corrected chi connectivity index (χ2v) is 6.65. The van der Waals surface area contributed by atoms with Gasteiger partial charge in [-0.1, -0.05) is 37.3 Å². The predicted molar refractivity (Wildman–Crippen MR) is 101 cm³/mol. The number of carbonyl (C=O) groups is 1. The molecule has 1 aromatic heterocycles. The minimum atomic E-state index is 0.0619. The Balaban J connectivity index is 1.78. The van der Waals surface area contributed by atoms with Crippen LogP contribution in [0.2, 0.25) is 0 Å². The summed E-state index contributed by atoms with van der Waals surface area (Å²) in [6.45, 7) is 2.74. The Morgan fingerprint density at radius 2 is 1.76 bits per heavy atom. The van der Waals surface area contributed by atoms with Crippen LogP contribution in [0.15, 0.2) is 60.8 Å². The SMILES string of the molecule is CCc1ccc(C(=O)N2Cc3ccn(C)c3Cc3ccccc32)cc1. The van der Waals surface area contributed by atoms with E-state index in [4.69, 9.17) is 0 Å². The van der Waals surface area contributed by atoms with Gasteiger partial charge in [0.1, 0.15) is 0 Å². The highest BCUT2D eigenvalue weighted by Gasteiger charge is 2.25. The number of fused-ring (bicyclic) bond motifs is 2. The van der Waals surface area contributed by atoms with Crippen LogP contribution in [0.25, 0.3) is 0 Å². The highest BCUT2D eigenvalue weighted by atomic mass is 16.2. The molecular formula is C22H22N2O. The Kier molecular flexibility index (Phi) is 3.92. The Morgan fingerprint density at radius 1 is 1.00 bits per heavy atom. The molecule has 0 N–H and O–H groups in total. The summed E-state index contributed by atoms with van der Waals surface area (Å²) < 4.78 is 2.16. The number of anilines is 1. The second-order valence-electron chi connectivity index (χ2n) is 6.65. The van der Waals surface area contributed by atoms with Crippen molar-refractivity contribution in [3.63, 3.8) is 0 Å². The third-order valence-electron chi connectivity index (χ3n) is 5.12. The largest absolute Gasteiger partial charge is 0.354 e. The Bertz CT molecular complexity index is 921. The number of carbonyl (C=O) groups excluding carboxylic acids is 1. The van der Waals surface area contributed by atoms with Gasteiger partial charge in [0.15, 0.2) is 0 Å². The highest BCUT2D eigenvalue weighted by Crippen LogP contribution is 2.32. The number of aromatic nitrogens is 1. The van der Waals surface area contributed by atoms with Crippen LogP contribution in [0.1, 0.15) is 39.7 Å². The van der Waals surface area contributed by atoms with Crippen molar-refractivity contribution in [1.29, 1.82) is 0 Å². The van der Waals surface area contributed by atoms with Gasteiger partial charge >= 0.3 is 0 Å². The fourth-order valence-corrected chi connectivity index (χ4v) is 3.58. The summed E-state index contributed by atoms with van der Waals surface area (Å²) in [5, 5.41) is 0. The molecular weight excluding hydrogens is 308 g/mol. The first-order chi connectivity index (χ1) is 12.2. The van der Waals surface area contributed by atoms with Crippen molar-refractivity contribution in [2.75, 3.05) is 4.90 Å². The van der Waals surface area contributed by atoms with Crippen molar-refractivity contribution in [3.8, 4) is 0 Å². The van der Waals surface area contributed by atoms with E-state index in [0.29, 0.717) is 6.54 Å². The van der Waals surface area contributed by atoms with Gasteiger partial charge in [-0.05, 0) is 47.4 Å². The Morgan fingerprint density at radius 3 is 2.52 bits per heavy atom. The molecule has 0 atom stereocenters. The van der Waals surface area contributed by atoms with Gasteiger partial charge in [-0.3, -0.25) is 4.79 Å². The van der Waals surface area contributed by atoms with Crippen LogP contribution in [-0.4, -0.2) is 10.5 Å². The number of amides is 1. The first-order valence-corrected chi connectivity index (χ1v) is 8.79. The van der Waals surface area contributed by atoms with Crippen LogP contribution in [-0.2, 0) is 26.4 Å². The molecule has 0 unspecified atom stereocenters. The fraction of sp³-hybridized carbons (Fsp3) is 0.227. The minimum Gasteiger partial charge on any atom is -0.354 e. The number of aryl methyl sites for hydroxylation is 2. The average molecular weight is 330 g/mol. The van der Waals surface area contributed by atoms with Crippen molar-refractivity contribution in [2.24, 2.45) is 7.05 Å². The summed E-state index contributed by atoms with van der Waals surface area (Å²) in [7, 11) is 2.07. The van der Waals surface area contributed by atoms with E-state index in [0.717, 1.165) is 24.1 Å². The van der Waals surface area contributed by atoms with Gasteiger partial charge in [0, 0.05) is 36.6 Å². The van der Waals surface area contributed by atoms with E-state index in [9.17, 15) is 4.79 Å². The number of rotatable bonds is 2. The van der Waals surface area contributed by atoms with E-state index in [2.05, 4.69) is 42.9 Å². The number of nitrogens with zero attached hydrogens (tertiary/aromatic N) is 2. The van der Waals surface area contributed by atoms with Crippen molar-refractivity contribution in [1.82, 2.24) is 4.57 Å². The summed E-state index contributed by atoms with van der Waals surface area (Å²) in [5.41, 5.74) is 6.70. The molecule has 126 valence electrons. The lowest BCUT2D eigenvalue weighted by Crippen LogP contribution is -2.30. The summed E-state index contributed by atoms with van der Waals surface area (Å²) in [4.78, 5) is 15.2. The molecule has 3 heteroatoms. The molecule has 0 fully saturated rings. The Hall–Kier alpha value is -2.81. The standard InChI is InChI=1S/C22H22N2O/c1-3-16-8-10-17(11-9-16)22(25)24-15-19-12-13-23(2)21(19)14-18-6-4-5-7-20(18)24/h4-13H,3,14-15H2,1-2H3. The molecule has 0 bridgehead atoms. The van der Waals surface area contributed by atoms with Crippen molar-refractivity contribution < 1.29 is 4.79 Å². The number of hydrogen-bond acceptors (Lipinski definition) is 1. The summed E-state index contributed by atoms with van der Waals surface area (Å²) in [6, 6.07) is 18.3. The molecule has 2 aromatic carbocycles. The van der Waals surface area contributed by atoms with Gasteiger partial charge in [-0.2, -0.15) is 0 Å². The van der Waals surface area contributed by atoms with Crippen LogP contribution >= 0.6 is 0 Å². The molecule has 0 aliphatic carbocycles. The zero-order valence-electron chi connectivity index (χ0n) is 14.7. The fourth-order valence-electron chi connectivity index (χ4n) is 3.58. The molecule has 3 aromatic rings. The predicted octanol–water partition coefficient (Wildman–Crippen LogP) is 4.34. The third kappa shape index (κ3) is 2.76. The smallest absolute Gasteiger partial charge is 0.258 e. The van der Waals surface area contributed by atoms with Crippen LogP contribution in [0.4, 0.5) is 5.69 Å². The maximum atomic E-state index is 13.3. The molecule has 1 aliphatic rings. The van der Waals surface area contributed by atoms with Gasteiger partial charge in [0.2, 0.25) is 0 Å². The van der Waals surface area contributed by atoms with Crippen LogP contribution in [0, 0.1) is 0 Å². The maximum absolute atomic E-state index is 13.3. The normalized spacial score (nSPS) is 13.1. The summed E-state index contributed by atoms with van der Waals surface area (Å²) in [6.07, 6.45) is 3.92. The van der Waals surface area contributed by atoms with Gasteiger partial charge in [-0.25, -0.2) is 0 Å². The highest BCUT2D eigenvalue weighted by molar-refractivity contribution is 6.06. The molecule has 0 spiro atoms. The Labute approximate surface area is 148 Å². The first kappa shape index (κ1) is 15.7. The summed E-state index contributed by atoms with van der Waals surface area (Å²) in [5.74, 6) is 0.0619. The van der Waals surface area contributed by atoms with Gasteiger partial charge in [-0.15, -0.1) is 0 Å². The second kappa shape index (κ2) is 6.25. The molecule has 0 saturated carbocycles.